The Kier molecular flexibility index (Phi) is 5.16. The number of fused-ring (bicyclic) bond motifs is 3. The van der Waals surface area contributed by atoms with Crippen molar-refractivity contribution in [3.05, 3.63) is 99.1 Å². The Balaban J connectivity index is 1.36. The van der Waals surface area contributed by atoms with Crippen LogP contribution in [0.3, 0.4) is 0 Å². The summed E-state index contributed by atoms with van der Waals surface area (Å²) in [6, 6.07) is 18.2. The average Bonchev–Trinajstić information content (AvgIpc) is 3.23. The smallest absolute Gasteiger partial charge is 0.238 e. The Morgan fingerprint density at radius 1 is 0.969 bits per heavy atom. The van der Waals surface area contributed by atoms with E-state index in [1.807, 2.05) is 24.1 Å². The molecule has 0 saturated carbocycles. The van der Waals surface area contributed by atoms with Gasteiger partial charge >= 0.3 is 0 Å². The Morgan fingerprint density at radius 2 is 1.59 bits per heavy atom. The summed E-state index contributed by atoms with van der Waals surface area (Å²) >= 11 is 6.38. The van der Waals surface area contributed by atoms with E-state index in [9.17, 15) is 14.4 Å². The van der Waals surface area contributed by atoms with E-state index in [4.69, 9.17) is 11.6 Å². The van der Waals surface area contributed by atoms with Crippen molar-refractivity contribution in [1.29, 1.82) is 0 Å². The molecule has 1 amide bonds. The molecule has 0 fully saturated rings. The summed E-state index contributed by atoms with van der Waals surface area (Å²) in [5.41, 5.74) is 4.17. The molecule has 2 aliphatic rings. The molecule has 1 N–H and O–H groups in total. The van der Waals surface area contributed by atoms with Gasteiger partial charge in [-0.1, -0.05) is 60.1 Å². The summed E-state index contributed by atoms with van der Waals surface area (Å²) in [5, 5.41) is 3.05. The summed E-state index contributed by atoms with van der Waals surface area (Å²) < 4.78 is 0. The van der Waals surface area contributed by atoms with Gasteiger partial charge in [-0.2, -0.15) is 0 Å². The molecule has 3 aromatic carbocycles. The fourth-order valence-corrected chi connectivity index (χ4v) is 4.94. The summed E-state index contributed by atoms with van der Waals surface area (Å²) in [7, 11) is 1.93. The predicted molar refractivity (Wildman–Crippen MR) is 124 cm³/mol. The first-order chi connectivity index (χ1) is 15.4. The van der Waals surface area contributed by atoms with E-state index < -0.39 is 0 Å². The van der Waals surface area contributed by atoms with Crippen LogP contribution in [-0.4, -0.2) is 36.0 Å². The molecule has 5 rings (SSSR count). The number of carbonyl (C=O) groups excluding carboxylic acids is 3. The van der Waals surface area contributed by atoms with E-state index in [0.717, 1.165) is 12.8 Å². The van der Waals surface area contributed by atoms with E-state index in [0.29, 0.717) is 16.8 Å². The Hall–Kier alpha value is -3.28. The normalized spacial score (nSPS) is 16.5. The van der Waals surface area contributed by atoms with Gasteiger partial charge in [-0.15, -0.1) is 0 Å². The highest BCUT2D eigenvalue weighted by atomic mass is 35.5. The molecule has 160 valence electrons. The van der Waals surface area contributed by atoms with Crippen molar-refractivity contribution < 1.29 is 14.4 Å². The Morgan fingerprint density at radius 3 is 2.31 bits per heavy atom. The predicted octanol–water partition coefficient (Wildman–Crippen LogP) is 4.67. The number of carbonyl (C=O) groups is 3. The summed E-state index contributed by atoms with van der Waals surface area (Å²) in [6.45, 7) is 0.183. The lowest BCUT2D eigenvalue weighted by atomic mass is 9.84. The third-order valence-electron chi connectivity index (χ3n) is 6.31. The lowest BCUT2D eigenvalue weighted by Gasteiger charge is -2.25. The second-order valence-electron chi connectivity index (χ2n) is 8.30. The van der Waals surface area contributed by atoms with Crippen molar-refractivity contribution in [3.63, 3.8) is 0 Å². The maximum Gasteiger partial charge on any atom is 0.238 e. The third kappa shape index (κ3) is 3.44. The van der Waals surface area contributed by atoms with Gasteiger partial charge in [0.2, 0.25) is 5.91 Å². The number of rotatable bonds is 4. The number of hydrogen-bond acceptors (Lipinski definition) is 4. The van der Waals surface area contributed by atoms with Crippen molar-refractivity contribution in [2.75, 3.05) is 18.9 Å². The lowest BCUT2D eigenvalue weighted by Crippen LogP contribution is -2.32. The minimum atomic E-state index is -0.248. The number of nitrogens with zero attached hydrogens (tertiary/aromatic N) is 1. The molecule has 0 aromatic heterocycles. The van der Waals surface area contributed by atoms with Gasteiger partial charge in [-0.05, 0) is 43.1 Å². The van der Waals surface area contributed by atoms with Crippen molar-refractivity contribution in [2.45, 2.75) is 18.9 Å². The number of anilines is 1. The fraction of sp³-hybridized carbons (Fsp3) is 0.192. The first-order valence-electron chi connectivity index (χ1n) is 10.5. The van der Waals surface area contributed by atoms with Gasteiger partial charge in [0.1, 0.15) is 0 Å². The second kappa shape index (κ2) is 8.01. The van der Waals surface area contributed by atoms with Crippen LogP contribution in [0, 0.1) is 0 Å². The zero-order valence-corrected chi connectivity index (χ0v) is 18.3. The van der Waals surface area contributed by atoms with Crippen LogP contribution < -0.4 is 5.32 Å². The molecule has 0 bridgehead atoms. The van der Waals surface area contributed by atoms with E-state index in [1.54, 1.807) is 24.3 Å². The molecular formula is C26H21ClN2O3. The average molecular weight is 445 g/mol. The molecule has 0 spiro atoms. The first-order valence-corrected chi connectivity index (χ1v) is 10.9. The van der Waals surface area contributed by atoms with Crippen molar-refractivity contribution in [2.24, 2.45) is 0 Å². The van der Waals surface area contributed by atoms with Gasteiger partial charge in [-0.3, -0.25) is 19.3 Å². The number of aryl methyl sites for hydroxylation is 1. The standard InChI is InChI=1S/C26H21ClN2O3/c1-29(23-11-10-15-6-2-3-7-16(15)23)14-24(30)28-22-13-20-19(12-21(22)27)25(31)17-8-4-5-9-18(17)26(20)32/h2-9,12-13,23H,10-11,14H2,1H3,(H,28,30)/t23-/m1/s1. The van der Waals surface area contributed by atoms with Crippen LogP contribution in [0.25, 0.3) is 0 Å². The number of halogens is 1. The Labute approximate surface area is 191 Å². The number of ketones is 2. The van der Waals surface area contributed by atoms with E-state index in [1.165, 1.54) is 23.3 Å². The lowest BCUT2D eigenvalue weighted by molar-refractivity contribution is -0.117. The van der Waals surface area contributed by atoms with Gasteiger partial charge in [0.05, 0.1) is 17.3 Å². The monoisotopic (exact) mass is 444 g/mol. The minimum Gasteiger partial charge on any atom is -0.324 e. The van der Waals surface area contributed by atoms with Crippen molar-refractivity contribution >= 4 is 34.8 Å². The molecule has 3 aromatic rings. The molecule has 0 unspecified atom stereocenters. The molecule has 0 saturated heterocycles. The maximum atomic E-state index is 13.0. The highest BCUT2D eigenvalue weighted by Crippen LogP contribution is 2.35. The molecular weight excluding hydrogens is 424 g/mol. The molecule has 1 atom stereocenters. The van der Waals surface area contributed by atoms with Crippen molar-refractivity contribution in [3.8, 4) is 0 Å². The number of nitrogens with one attached hydrogen (secondary N) is 1. The van der Waals surface area contributed by atoms with Crippen LogP contribution in [0.2, 0.25) is 5.02 Å². The molecule has 0 aliphatic heterocycles. The quantitative estimate of drug-likeness (QED) is 0.496. The summed E-state index contributed by atoms with van der Waals surface area (Å²) in [6.07, 6.45) is 1.97. The number of likely N-dealkylation sites (N-methyl/N-ethyl adjacent to an activating group) is 1. The SMILES string of the molecule is CN(CC(=O)Nc1cc2c(cc1Cl)C(=O)c1ccccc1C2=O)[C@@H]1CCc2ccccc21. The highest BCUT2D eigenvalue weighted by Gasteiger charge is 2.31. The molecule has 0 radical (unpaired) electrons. The van der Waals surface area contributed by atoms with Crippen LogP contribution in [0.4, 0.5) is 5.69 Å². The topological polar surface area (TPSA) is 66.5 Å². The number of benzene rings is 3. The van der Waals surface area contributed by atoms with E-state index >= 15 is 0 Å². The van der Waals surface area contributed by atoms with Crippen molar-refractivity contribution in [1.82, 2.24) is 4.90 Å². The second-order valence-corrected chi connectivity index (χ2v) is 8.71. The summed E-state index contributed by atoms with van der Waals surface area (Å²) in [5.74, 6) is -0.717. The number of hydrogen-bond donors (Lipinski definition) is 1. The first kappa shape index (κ1) is 20.6. The Bertz CT molecular complexity index is 1280. The van der Waals surface area contributed by atoms with E-state index in [-0.39, 0.29) is 46.2 Å². The van der Waals surface area contributed by atoms with Crippen LogP contribution in [-0.2, 0) is 11.2 Å². The highest BCUT2D eigenvalue weighted by molar-refractivity contribution is 6.36. The zero-order valence-electron chi connectivity index (χ0n) is 17.5. The van der Waals surface area contributed by atoms with Crippen LogP contribution in [0.5, 0.6) is 0 Å². The third-order valence-corrected chi connectivity index (χ3v) is 6.63. The zero-order chi connectivity index (χ0) is 22.4. The molecule has 0 heterocycles. The molecule has 6 heteroatoms. The van der Waals surface area contributed by atoms with Gasteiger partial charge in [-0.25, -0.2) is 0 Å². The summed E-state index contributed by atoms with van der Waals surface area (Å²) in [4.78, 5) is 40.6. The van der Waals surface area contributed by atoms with Gasteiger partial charge in [0, 0.05) is 28.3 Å². The molecule has 2 aliphatic carbocycles. The largest absolute Gasteiger partial charge is 0.324 e. The molecule has 5 nitrogen and oxygen atoms in total. The van der Waals surface area contributed by atoms with E-state index in [2.05, 4.69) is 17.4 Å². The fourth-order valence-electron chi connectivity index (χ4n) is 4.73. The van der Waals surface area contributed by atoms with Gasteiger partial charge in [0.15, 0.2) is 11.6 Å². The van der Waals surface area contributed by atoms with Crippen LogP contribution >= 0.6 is 11.6 Å². The number of amides is 1. The molecule has 32 heavy (non-hydrogen) atoms. The van der Waals surface area contributed by atoms with Gasteiger partial charge in [0.25, 0.3) is 0 Å². The van der Waals surface area contributed by atoms with Crippen LogP contribution in [0.15, 0.2) is 60.7 Å². The minimum absolute atomic E-state index is 0.183. The maximum absolute atomic E-state index is 13.0. The van der Waals surface area contributed by atoms with Crippen LogP contribution in [0.1, 0.15) is 55.4 Å². The van der Waals surface area contributed by atoms with Gasteiger partial charge < -0.3 is 5.32 Å².